The summed E-state index contributed by atoms with van der Waals surface area (Å²) in [6, 6.07) is 3.24. The van der Waals surface area contributed by atoms with Crippen LogP contribution in [0.25, 0.3) is 16.7 Å². The van der Waals surface area contributed by atoms with Crippen molar-refractivity contribution in [1.82, 2.24) is 19.7 Å². The van der Waals surface area contributed by atoms with Crippen molar-refractivity contribution in [2.24, 2.45) is 0 Å². The number of hydrogen-bond donors (Lipinski definition) is 1. The van der Waals surface area contributed by atoms with E-state index in [1.165, 1.54) is 11.8 Å². The lowest BCUT2D eigenvalue weighted by Gasteiger charge is -2.27. The Morgan fingerprint density at radius 1 is 1.21 bits per heavy atom. The molecule has 156 valence electrons. The Balaban J connectivity index is 2.33. The Kier molecular flexibility index (Phi) is 7.17. The van der Waals surface area contributed by atoms with Gasteiger partial charge in [0.1, 0.15) is 28.6 Å². The molecule has 10 heteroatoms. The Morgan fingerprint density at radius 2 is 1.86 bits per heavy atom. The van der Waals surface area contributed by atoms with Gasteiger partial charge in [-0.15, -0.1) is 11.8 Å². The van der Waals surface area contributed by atoms with E-state index in [2.05, 4.69) is 16.9 Å². The number of benzene rings is 1. The van der Waals surface area contributed by atoms with Crippen LogP contribution < -0.4 is 4.90 Å². The minimum Gasteiger partial charge on any atom is -0.374 e. The van der Waals surface area contributed by atoms with Crippen molar-refractivity contribution < 1.29 is 5.11 Å². The van der Waals surface area contributed by atoms with Crippen LogP contribution in [0.1, 0.15) is 32.5 Å². The van der Waals surface area contributed by atoms with Gasteiger partial charge < -0.3 is 10.0 Å². The van der Waals surface area contributed by atoms with Crippen molar-refractivity contribution in [2.75, 3.05) is 17.7 Å². The van der Waals surface area contributed by atoms with E-state index in [4.69, 9.17) is 39.9 Å². The molecule has 1 aromatic carbocycles. The summed E-state index contributed by atoms with van der Waals surface area (Å²) in [6.45, 7) is 6.32. The van der Waals surface area contributed by atoms with E-state index in [1.807, 2.05) is 18.1 Å². The molecule has 0 aliphatic carbocycles. The summed E-state index contributed by atoms with van der Waals surface area (Å²) in [5.74, 6) is 1.21. The average Bonchev–Trinajstić information content (AvgIpc) is 2.99. The lowest BCUT2D eigenvalue weighted by Crippen LogP contribution is -2.34. The van der Waals surface area contributed by atoms with E-state index in [0.717, 1.165) is 23.3 Å². The van der Waals surface area contributed by atoms with Gasteiger partial charge in [-0.2, -0.15) is 5.10 Å². The number of aryl methyl sites for hydroxylation is 1. The van der Waals surface area contributed by atoms with E-state index in [0.29, 0.717) is 44.6 Å². The molecule has 3 aromatic rings. The van der Waals surface area contributed by atoms with Gasteiger partial charge in [-0.05, 0) is 38.7 Å². The van der Waals surface area contributed by atoms with Crippen molar-refractivity contribution in [1.29, 1.82) is 0 Å². The van der Waals surface area contributed by atoms with Gasteiger partial charge in [0.15, 0.2) is 5.65 Å². The summed E-state index contributed by atoms with van der Waals surface area (Å²) < 4.78 is 1.63. The van der Waals surface area contributed by atoms with Crippen molar-refractivity contribution >= 4 is 63.4 Å². The zero-order valence-corrected chi connectivity index (χ0v) is 19.7. The van der Waals surface area contributed by atoms with E-state index in [-0.39, 0.29) is 0 Å². The summed E-state index contributed by atoms with van der Waals surface area (Å²) >= 11 is 20.4. The summed E-state index contributed by atoms with van der Waals surface area (Å²) in [5.41, 5.74) is 1.08. The molecule has 1 unspecified atom stereocenters. The molecular weight excluding hydrogens is 453 g/mol. The van der Waals surface area contributed by atoms with Gasteiger partial charge in [0.2, 0.25) is 0 Å². The van der Waals surface area contributed by atoms with Gasteiger partial charge in [0.25, 0.3) is 0 Å². The number of aliphatic hydroxyl groups is 1. The molecular formula is C19H22Cl3N5OS. The Labute approximate surface area is 189 Å². The zero-order chi connectivity index (χ0) is 21.3. The second-order valence-corrected chi connectivity index (χ2v) is 8.66. The second-order valence-electron chi connectivity index (χ2n) is 6.61. The number of hydrogen-bond acceptors (Lipinski definition) is 6. The average molecular weight is 475 g/mol. The maximum atomic E-state index is 10.4. The number of fused-ring (bicyclic) bond motifs is 1. The molecule has 2 heterocycles. The molecule has 0 radical (unpaired) electrons. The minimum atomic E-state index is -0.709. The van der Waals surface area contributed by atoms with E-state index in [1.54, 1.807) is 23.7 Å². The quantitative estimate of drug-likeness (QED) is 0.347. The van der Waals surface area contributed by atoms with Crippen molar-refractivity contribution in [3.8, 4) is 5.69 Å². The first-order valence-corrected chi connectivity index (χ1v) is 11.5. The number of anilines is 1. The molecule has 0 saturated heterocycles. The van der Waals surface area contributed by atoms with Crippen molar-refractivity contribution in [3.05, 3.63) is 33.0 Å². The van der Waals surface area contributed by atoms with Crippen LogP contribution in [0.5, 0.6) is 0 Å². The van der Waals surface area contributed by atoms with Crippen LogP contribution in [0.4, 0.5) is 5.82 Å². The molecule has 0 bridgehead atoms. The van der Waals surface area contributed by atoms with Gasteiger partial charge in [0.05, 0.1) is 15.4 Å². The fraction of sp³-hybridized carbons (Fsp3) is 0.421. The summed E-state index contributed by atoms with van der Waals surface area (Å²) in [6.07, 6.45) is 3.15. The maximum absolute atomic E-state index is 10.4. The number of aliphatic hydroxyl groups excluding tert-OH is 1. The summed E-state index contributed by atoms with van der Waals surface area (Å²) in [4.78, 5) is 11.1. The fourth-order valence-corrected chi connectivity index (χ4v) is 4.64. The highest BCUT2D eigenvalue weighted by molar-refractivity contribution is 7.98. The van der Waals surface area contributed by atoms with Crippen LogP contribution in [0.3, 0.4) is 0 Å². The minimum absolute atomic E-state index is 0.371. The molecule has 6 nitrogen and oxygen atoms in total. The standard InChI is InChI=1S/C19H22Cl3N5OS/c1-5-6-7-26(11(3)28)17-15-18(24-10(2)23-17)27(25-19(15)29-4)16-13(21)8-12(20)9-14(16)22/h8-9,11,28H,5-7H2,1-4H3. The molecule has 0 saturated carbocycles. The van der Waals surface area contributed by atoms with Gasteiger partial charge in [-0.1, -0.05) is 48.1 Å². The fourth-order valence-electron chi connectivity index (χ4n) is 3.12. The third-order valence-electron chi connectivity index (χ3n) is 4.45. The number of rotatable bonds is 7. The molecule has 0 spiro atoms. The Hall–Kier alpha value is -1.25. The largest absolute Gasteiger partial charge is 0.374 e. The van der Waals surface area contributed by atoms with Crippen molar-refractivity contribution in [3.63, 3.8) is 0 Å². The predicted octanol–water partition coefficient (Wildman–Crippen LogP) is 5.75. The lowest BCUT2D eigenvalue weighted by molar-refractivity contribution is 0.187. The highest BCUT2D eigenvalue weighted by atomic mass is 35.5. The molecule has 0 aliphatic heterocycles. The van der Waals surface area contributed by atoms with Crippen LogP contribution in [0, 0.1) is 6.92 Å². The first-order valence-electron chi connectivity index (χ1n) is 9.19. The molecule has 2 aromatic heterocycles. The highest BCUT2D eigenvalue weighted by Crippen LogP contribution is 2.38. The molecule has 0 aliphatic rings. The van der Waals surface area contributed by atoms with E-state index < -0.39 is 6.23 Å². The van der Waals surface area contributed by atoms with Gasteiger partial charge in [-0.3, -0.25) is 0 Å². The zero-order valence-electron chi connectivity index (χ0n) is 16.6. The van der Waals surface area contributed by atoms with E-state index in [9.17, 15) is 5.11 Å². The highest BCUT2D eigenvalue weighted by Gasteiger charge is 2.25. The third kappa shape index (κ3) is 4.44. The van der Waals surface area contributed by atoms with Crippen LogP contribution in [-0.4, -0.2) is 43.9 Å². The number of nitrogens with zero attached hydrogens (tertiary/aromatic N) is 5. The monoisotopic (exact) mass is 473 g/mol. The first kappa shape index (κ1) is 22.4. The molecule has 0 amide bonds. The first-order chi connectivity index (χ1) is 13.8. The van der Waals surface area contributed by atoms with Gasteiger partial charge in [-0.25, -0.2) is 14.6 Å². The lowest BCUT2D eigenvalue weighted by atomic mass is 10.2. The molecule has 1 atom stereocenters. The number of aromatic nitrogens is 4. The topological polar surface area (TPSA) is 67.1 Å². The Morgan fingerprint density at radius 3 is 2.41 bits per heavy atom. The van der Waals surface area contributed by atoms with Crippen LogP contribution in [-0.2, 0) is 0 Å². The number of halogens is 3. The van der Waals surface area contributed by atoms with E-state index >= 15 is 0 Å². The molecule has 1 N–H and O–H groups in total. The van der Waals surface area contributed by atoms with Crippen molar-refractivity contribution in [2.45, 2.75) is 44.9 Å². The van der Waals surface area contributed by atoms with Gasteiger partial charge in [0, 0.05) is 11.6 Å². The normalized spacial score (nSPS) is 12.6. The predicted molar refractivity (Wildman–Crippen MR) is 122 cm³/mol. The van der Waals surface area contributed by atoms with Crippen LogP contribution in [0.2, 0.25) is 15.1 Å². The molecule has 3 rings (SSSR count). The second kappa shape index (κ2) is 9.27. The number of unbranched alkanes of at least 4 members (excludes halogenated alkanes) is 1. The third-order valence-corrected chi connectivity index (χ3v) is 5.92. The SMILES string of the molecule is CCCCN(c1nc(C)nc2c1c(SC)nn2-c1c(Cl)cc(Cl)cc1Cl)C(C)O. The smallest absolute Gasteiger partial charge is 0.170 e. The molecule has 29 heavy (non-hydrogen) atoms. The van der Waals surface area contributed by atoms with Gasteiger partial charge >= 0.3 is 0 Å². The molecule has 0 fully saturated rings. The summed E-state index contributed by atoms with van der Waals surface area (Å²) in [7, 11) is 0. The van der Waals surface area contributed by atoms with Crippen LogP contribution >= 0.6 is 46.6 Å². The van der Waals surface area contributed by atoms with Crippen LogP contribution in [0.15, 0.2) is 17.2 Å². The summed E-state index contributed by atoms with van der Waals surface area (Å²) in [5, 5.41) is 17.8. The number of thioether (sulfide) groups is 1. The maximum Gasteiger partial charge on any atom is 0.170 e. The Bertz CT molecular complexity index is 1020.